The maximum Gasteiger partial charge on any atom is 0.245 e. The van der Waals surface area contributed by atoms with Crippen molar-refractivity contribution in [2.45, 2.75) is 31.7 Å². The smallest absolute Gasteiger partial charge is 0.245 e. The summed E-state index contributed by atoms with van der Waals surface area (Å²) in [6.45, 7) is 5.70. The van der Waals surface area contributed by atoms with Crippen LogP contribution in [-0.2, 0) is 19.6 Å². The standard InChI is InChI=1S/C17H24FN3O4S/c1-12(2)16(19-13(3)22)17(23)20-7-9-21(10-8-20)26(24,25)15-6-4-5-14(18)11-15/h4-6,11-12,16H,7-10H2,1-3H3,(H,19,22). The van der Waals surface area contributed by atoms with Crippen LogP contribution in [0.4, 0.5) is 4.39 Å². The second kappa shape index (κ2) is 8.13. The molecule has 0 aromatic heterocycles. The van der Waals surface area contributed by atoms with Crippen LogP contribution in [0.15, 0.2) is 29.2 Å². The molecule has 7 nitrogen and oxygen atoms in total. The first-order chi connectivity index (χ1) is 12.1. The molecule has 1 atom stereocenters. The van der Waals surface area contributed by atoms with Crippen LogP contribution in [0.25, 0.3) is 0 Å². The maximum atomic E-state index is 13.3. The molecule has 1 aromatic carbocycles. The highest BCUT2D eigenvalue weighted by molar-refractivity contribution is 7.89. The van der Waals surface area contributed by atoms with Gasteiger partial charge in [-0.1, -0.05) is 19.9 Å². The number of piperazine rings is 1. The number of carbonyl (C=O) groups is 2. The predicted octanol–water partition coefficient (Wildman–Crippen LogP) is 0.819. The van der Waals surface area contributed by atoms with Crippen LogP contribution in [0.5, 0.6) is 0 Å². The van der Waals surface area contributed by atoms with Crippen molar-refractivity contribution in [3.63, 3.8) is 0 Å². The predicted molar refractivity (Wildman–Crippen MR) is 94.2 cm³/mol. The number of sulfonamides is 1. The third-order valence-corrected chi connectivity index (χ3v) is 6.17. The van der Waals surface area contributed by atoms with Crippen molar-refractivity contribution in [1.82, 2.24) is 14.5 Å². The van der Waals surface area contributed by atoms with Gasteiger partial charge in [0.1, 0.15) is 11.9 Å². The van der Waals surface area contributed by atoms with Gasteiger partial charge >= 0.3 is 0 Å². The number of benzene rings is 1. The van der Waals surface area contributed by atoms with Gasteiger partial charge in [0.2, 0.25) is 21.8 Å². The van der Waals surface area contributed by atoms with Gasteiger partial charge in [0.25, 0.3) is 0 Å². The van der Waals surface area contributed by atoms with E-state index in [1.165, 1.54) is 29.4 Å². The number of carbonyl (C=O) groups excluding carboxylic acids is 2. The van der Waals surface area contributed by atoms with Crippen LogP contribution in [-0.4, -0.2) is 61.7 Å². The largest absolute Gasteiger partial charge is 0.344 e. The number of nitrogens with zero attached hydrogens (tertiary/aromatic N) is 2. The van der Waals surface area contributed by atoms with Crippen LogP contribution in [0.2, 0.25) is 0 Å². The number of nitrogens with one attached hydrogen (secondary N) is 1. The molecule has 1 heterocycles. The molecule has 1 aliphatic heterocycles. The van der Waals surface area contributed by atoms with Crippen molar-refractivity contribution in [3.8, 4) is 0 Å². The summed E-state index contributed by atoms with van der Waals surface area (Å²) in [6, 6.07) is 4.23. The fourth-order valence-electron chi connectivity index (χ4n) is 2.85. The summed E-state index contributed by atoms with van der Waals surface area (Å²) in [5.41, 5.74) is 0. The SMILES string of the molecule is CC(=O)NC(C(=O)N1CCN(S(=O)(=O)c2cccc(F)c2)CC1)C(C)C. The van der Waals surface area contributed by atoms with Crippen molar-refractivity contribution in [2.24, 2.45) is 5.92 Å². The van der Waals surface area contributed by atoms with Crippen LogP contribution in [0.3, 0.4) is 0 Å². The summed E-state index contributed by atoms with van der Waals surface area (Å²) in [7, 11) is -3.80. The van der Waals surface area contributed by atoms with E-state index in [4.69, 9.17) is 0 Å². The highest BCUT2D eigenvalue weighted by atomic mass is 32.2. The van der Waals surface area contributed by atoms with E-state index in [1.807, 2.05) is 13.8 Å². The number of halogens is 1. The zero-order valence-electron chi connectivity index (χ0n) is 15.1. The van der Waals surface area contributed by atoms with E-state index >= 15 is 0 Å². The molecule has 2 amide bonds. The van der Waals surface area contributed by atoms with E-state index in [1.54, 1.807) is 4.90 Å². The number of hydrogen-bond donors (Lipinski definition) is 1. The zero-order valence-corrected chi connectivity index (χ0v) is 15.9. The Morgan fingerprint density at radius 2 is 1.77 bits per heavy atom. The lowest BCUT2D eigenvalue weighted by Crippen LogP contribution is -2.56. The van der Waals surface area contributed by atoms with Crippen LogP contribution >= 0.6 is 0 Å². The minimum atomic E-state index is -3.80. The molecule has 0 aliphatic carbocycles. The van der Waals surface area contributed by atoms with E-state index in [0.29, 0.717) is 0 Å². The summed E-state index contributed by atoms with van der Waals surface area (Å²) < 4.78 is 39.8. The Morgan fingerprint density at radius 3 is 2.27 bits per heavy atom. The first-order valence-electron chi connectivity index (χ1n) is 8.44. The molecule has 1 fully saturated rings. The molecule has 0 spiro atoms. The highest BCUT2D eigenvalue weighted by Gasteiger charge is 2.33. The highest BCUT2D eigenvalue weighted by Crippen LogP contribution is 2.19. The summed E-state index contributed by atoms with van der Waals surface area (Å²) in [5.74, 6) is -1.21. The van der Waals surface area contributed by atoms with Gasteiger partial charge in [-0.25, -0.2) is 12.8 Å². The molecular weight excluding hydrogens is 361 g/mol. The lowest BCUT2D eigenvalue weighted by Gasteiger charge is -2.36. The topological polar surface area (TPSA) is 86.8 Å². The van der Waals surface area contributed by atoms with Gasteiger partial charge < -0.3 is 10.2 Å². The normalized spacial score (nSPS) is 17.2. The Bertz CT molecular complexity index is 774. The van der Waals surface area contributed by atoms with Crippen LogP contribution in [0, 0.1) is 11.7 Å². The summed E-state index contributed by atoms with van der Waals surface area (Å²) in [4.78, 5) is 25.4. The number of amides is 2. The molecule has 1 unspecified atom stereocenters. The first kappa shape index (κ1) is 20.3. The van der Waals surface area contributed by atoms with Gasteiger partial charge in [-0.3, -0.25) is 9.59 Å². The van der Waals surface area contributed by atoms with Crippen molar-refractivity contribution >= 4 is 21.8 Å². The number of rotatable bonds is 5. The lowest BCUT2D eigenvalue weighted by molar-refractivity contribution is -0.138. The van der Waals surface area contributed by atoms with Crippen LogP contribution in [0.1, 0.15) is 20.8 Å². The van der Waals surface area contributed by atoms with Gasteiger partial charge in [0, 0.05) is 33.1 Å². The van der Waals surface area contributed by atoms with Gasteiger partial charge in [-0.05, 0) is 24.1 Å². The minimum absolute atomic E-state index is 0.0829. The van der Waals surface area contributed by atoms with E-state index in [0.717, 1.165) is 6.07 Å². The Kier molecular flexibility index (Phi) is 6.35. The summed E-state index contributed by atoms with van der Waals surface area (Å²) in [5, 5.41) is 2.65. The molecular formula is C17H24FN3O4S. The molecule has 2 rings (SSSR count). The summed E-state index contributed by atoms with van der Waals surface area (Å²) >= 11 is 0. The molecule has 1 saturated heterocycles. The third-order valence-electron chi connectivity index (χ3n) is 4.28. The van der Waals surface area contributed by atoms with Crippen molar-refractivity contribution in [2.75, 3.05) is 26.2 Å². The monoisotopic (exact) mass is 385 g/mol. The summed E-state index contributed by atoms with van der Waals surface area (Å²) in [6.07, 6.45) is 0. The Morgan fingerprint density at radius 1 is 1.15 bits per heavy atom. The second-order valence-corrected chi connectivity index (χ2v) is 8.55. The van der Waals surface area contributed by atoms with Crippen molar-refractivity contribution in [3.05, 3.63) is 30.1 Å². The van der Waals surface area contributed by atoms with Gasteiger partial charge in [-0.2, -0.15) is 4.31 Å². The average molecular weight is 385 g/mol. The molecule has 1 aliphatic rings. The number of hydrogen-bond acceptors (Lipinski definition) is 4. The quantitative estimate of drug-likeness (QED) is 0.813. The zero-order chi connectivity index (χ0) is 19.5. The van der Waals surface area contributed by atoms with Gasteiger partial charge in [0.15, 0.2) is 0 Å². The molecule has 0 saturated carbocycles. The Balaban J connectivity index is 2.06. The van der Waals surface area contributed by atoms with Gasteiger partial charge in [0.05, 0.1) is 4.90 Å². The first-order valence-corrected chi connectivity index (χ1v) is 9.88. The molecule has 1 aromatic rings. The lowest BCUT2D eigenvalue weighted by atomic mass is 10.0. The third kappa shape index (κ3) is 4.59. The molecule has 0 radical (unpaired) electrons. The molecule has 1 N–H and O–H groups in total. The van der Waals surface area contributed by atoms with E-state index in [2.05, 4.69) is 5.32 Å². The second-order valence-electron chi connectivity index (χ2n) is 6.61. The fourth-order valence-corrected chi connectivity index (χ4v) is 4.31. The minimum Gasteiger partial charge on any atom is -0.344 e. The van der Waals surface area contributed by atoms with E-state index in [9.17, 15) is 22.4 Å². The fraction of sp³-hybridized carbons (Fsp3) is 0.529. The van der Waals surface area contributed by atoms with Crippen LogP contribution < -0.4 is 5.32 Å². The van der Waals surface area contributed by atoms with E-state index in [-0.39, 0.29) is 48.8 Å². The average Bonchev–Trinajstić information content (AvgIpc) is 2.59. The van der Waals surface area contributed by atoms with Crippen molar-refractivity contribution in [1.29, 1.82) is 0 Å². The molecule has 144 valence electrons. The van der Waals surface area contributed by atoms with E-state index < -0.39 is 21.9 Å². The molecule has 26 heavy (non-hydrogen) atoms. The van der Waals surface area contributed by atoms with Crippen molar-refractivity contribution < 1.29 is 22.4 Å². The van der Waals surface area contributed by atoms with Gasteiger partial charge in [-0.15, -0.1) is 0 Å². The Hall–Kier alpha value is -2.00. The maximum absolute atomic E-state index is 13.3. The Labute approximate surface area is 153 Å². The molecule has 0 bridgehead atoms. The molecule has 9 heteroatoms.